The number of rotatable bonds is 24. The fourth-order valence-corrected chi connectivity index (χ4v) is 4.19. The van der Waals surface area contributed by atoms with Gasteiger partial charge < -0.3 is 14.9 Å². The second-order valence-electron chi connectivity index (χ2n) is 9.44. The normalized spacial score (nSPS) is 13.4. The minimum Gasteiger partial charge on any atom is -0.466 e. The molecule has 0 heterocycles. The van der Waals surface area contributed by atoms with Crippen LogP contribution in [0.4, 0.5) is 0 Å². The van der Waals surface area contributed by atoms with Gasteiger partial charge in [0.15, 0.2) is 0 Å². The summed E-state index contributed by atoms with van der Waals surface area (Å²) in [5.74, 6) is -0.134. The van der Waals surface area contributed by atoms with Gasteiger partial charge in [-0.1, -0.05) is 90.9 Å². The molecule has 2 N–H and O–H groups in total. The molecule has 0 saturated carbocycles. The Bertz CT molecular complexity index is 381. The van der Waals surface area contributed by atoms with Crippen LogP contribution in [-0.2, 0) is 9.53 Å². The van der Waals surface area contributed by atoms with E-state index in [9.17, 15) is 15.0 Å². The highest BCUT2D eigenvalue weighted by molar-refractivity contribution is 5.69. The van der Waals surface area contributed by atoms with Crippen molar-refractivity contribution in [2.45, 2.75) is 142 Å². The lowest BCUT2D eigenvalue weighted by Gasteiger charge is -2.27. The standard InChI is InChI=1S/C27H55NO4/c1-4-7-9-11-13-15-19-25(29)23-28(22-18-17-21-27(31)32-6-3)24-26(30)20-16-14-12-10-8-5-2/h25-26,29-30H,4-24H2,1-3H3. The van der Waals surface area contributed by atoms with Crippen LogP contribution in [0.5, 0.6) is 0 Å². The molecule has 0 aliphatic carbocycles. The number of carbonyl (C=O) groups is 1. The highest BCUT2D eigenvalue weighted by Crippen LogP contribution is 2.13. The predicted molar refractivity (Wildman–Crippen MR) is 135 cm³/mol. The maximum atomic E-state index is 11.6. The molecule has 0 bridgehead atoms. The van der Waals surface area contributed by atoms with E-state index in [1.54, 1.807) is 0 Å². The molecule has 0 radical (unpaired) electrons. The fraction of sp³-hybridized carbons (Fsp3) is 0.963. The highest BCUT2D eigenvalue weighted by Gasteiger charge is 2.16. The van der Waals surface area contributed by atoms with E-state index in [4.69, 9.17) is 4.74 Å². The molecule has 5 nitrogen and oxygen atoms in total. The van der Waals surface area contributed by atoms with Crippen LogP contribution in [0, 0.1) is 0 Å². The fourth-order valence-electron chi connectivity index (χ4n) is 4.19. The number of nitrogens with zero attached hydrogens (tertiary/aromatic N) is 1. The topological polar surface area (TPSA) is 70.0 Å². The van der Waals surface area contributed by atoms with Gasteiger partial charge in [-0.3, -0.25) is 9.69 Å². The molecule has 0 spiro atoms. The third-order valence-electron chi connectivity index (χ3n) is 6.13. The van der Waals surface area contributed by atoms with E-state index in [0.29, 0.717) is 26.1 Å². The van der Waals surface area contributed by atoms with Crippen molar-refractivity contribution < 1.29 is 19.7 Å². The number of hydrogen-bond acceptors (Lipinski definition) is 5. The van der Waals surface area contributed by atoms with Gasteiger partial charge in [-0.05, 0) is 39.2 Å². The maximum absolute atomic E-state index is 11.6. The Morgan fingerprint density at radius 1 is 0.688 bits per heavy atom. The van der Waals surface area contributed by atoms with E-state index in [1.807, 2.05) is 6.92 Å². The first-order chi connectivity index (χ1) is 15.5. The number of aliphatic hydroxyl groups is 2. The van der Waals surface area contributed by atoms with Gasteiger partial charge in [-0.15, -0.1) is 0 Å². The molecule has 0 aromatic heterocycles. The lowest BCUT2D eigenvalue weighted by Crippen LogP contribution is -2.38. The van der Waals surface area contributed by atoms with E-state index >= 15 is 0 Å². The molecule has 0 aromatic rings. The highest BCUT2D eigenvalue weighted by atomic mass is 16.5. The number of unbranched alkanes of at least 4 members (excludes halogenated alkanes) is 11. The van der Waals surface area contributed by atoms with Crippen molar-refractivity contribution >= 4 is 5.97 Å². The van der Waals surface area contributed by atoms with Crippen molar-refractivity contribution in [3.05, 3.63) is 0 Å². The Morgan fingerprint density at radius 2 is 1.16 bits per heavy atom. The number of ether oxygens (including phenoxy) is 1. The average Bonchev–Trinajstić information content (AvgIpc) is 2.76. The zero-order valence-electron chi connectivity index (χ0n) is 21.7. The monoisotopic (exact) mass is 457 g/mol. The van der Waals surface area contributed by atoms with E-state index in [-0.39, 0.29) is 18.2 Å². The van der Waals surface area contributed by atoms with Crippen molar-refractivity contribution in [1.29, 1.82) is 0 Å². The van der Waals surface area contributed by atoms with Crippen LogP contribution in [0.2, 0.25) is 0 Å². The molecular weight excluding hydrogens is 402 g/mol. The lowest BCUT2D eigenvalue weighted by atomic mass is 10.1. The summed E-state index contributed by atoms with van der Waals surface area (Å²) in [7, 11) is 0. The predicted octanol–water partition coefficient (Wildman–Crippen LogP) is 6.24. The summed E-state index contributed by atoms with van der Waals surface area (Å²) < 4.78 is 5.00. The summed E-state index contributed by atoms with van der Waals surface area (Å²) in [6, 6.07) is 0. The number of aliphatic hydroxyl groups excluding tert-OH is 2. The Morgan fingerprint density at radius 3 is 1.62 bits per heavy atom. The zero-order valence-corrected chi connectivity index (χ0v) is 21.7. The van der Waals surface area contributed by atoms with Gasteiger partial charge in [-0.25, -0.2) is 0 Å². The van der Waals surface area contributed by atoms with E-state index in [2.05, 4.69) is 18.7 Å². The van der Waals surface area contributed by atoms with Crippen LogP contribution in [0.25, 0.3) is 0 Å². The molecule has 0 aromatic carbocycles. The zero-order chi connectivity index (χ0) is 23.9. The van der Waals surface area contributed by atoms with Gasteiger partial charge in [0.1, 0.15) is 0 Å². The Labute approximate surface area is 199 Å². The molecule has 5 heteroatoms. The average molecular weight is 458 g/mol. The van der Waals surface area contributed by atoms with Gasteiger partial charge in [0, 0.05) is 19.5 Å². The Balaban J connectivity index is 4.28. The molecule has 0 aliphatic heterocycles. The first-order valence-electron chi connectivity index (χ1n) is 13.8. The van der Waals surface area contributed by atoms with Crippen molar-refractivity contribution in [3.63, 3.8) is 0 Å². The molecule has 0 amide bonds. The van der Waals surface area contributed by atoms with Crippen molar-refractivity contribution in [2.75, 3.05) is 26.2 Å². The number of carbonyl (C=O) groups excluding carboxylic acids is 1. The third kappa shape index (κ3) is 21.2. The quantitative estimate of drug-likeness (QED) is 0.132. The summed E-state index contributed by atoms with van der Waals surface area (Å²) in [6.07, 6.45) is 17.9. The van der Waals surface area contributed by atoms with Crippen molar-refractivity contribution in [2.24, 2.45) is 0 Å². The SMILES string of the molecule is CCCCCCCCC(O)CN(CCCCC(=O)OCC)CC(O)CCCCCCCC. The molecule has 0 saturated heterocycles. The van der Waals surface area contributed by atoms with E-state index < -0.39 is 0 Å². The van der Waals surface area contributed by atoms with Crippen LogP contribution in [0.3, 0.4) is 0 Å². The molecule has 0 rings (SSSR count). The van der Waals surface area contributed by atoms with Crippen LogP contribution >= 0.6 is 0 Å². The van der Waals surface area contributed by atoms with Gasteiger partial charge in [0.25, 0.3) is 0 Å². The molecule has 2 atom stereocenters. The molecule has 0 fully saturated rings. The lowest BCUT2D eigenvalue weighted by molar-refractivity contribution is -0.143. The summed E-state index contributed by atoms with van der Waals surface area (Å²) >= 11 is 0. The van der Waals surface area contributed by atoms with Gasteiger partial charge in [0.05, 0.1) is 18.8 Å². The molecule has 0 aliphatic rings. The first kappa shape index (κ1) is 31.4. The van der Waals surface area contributed by atoms with Crippen LogP contribution < -0.4 is 0 Å². The van der Waals surface area contributed by atoms with Crippen LogP contribution in [0.15, 0.2) is 0 Å². The van der Waals surface area contributed by atoms with Crippen LogP contribution in [-0.4, -0.2) is 59.5 Å². The second kappa shape index (κ2) is 23.5. The number of esters is 1. The van der Waals surface area contributed by atoms with E-state index in [1.165, 1.54) is 64.2 Å². The first-order valence-corrected chi connectivity index (χ1v) is 13.8. The van der Waals surface area contributed by atoms with Gasteiger partial charge in [-0.2, -0.15) is 0 Å². The minimum absolute atomic E-state index is 0.134. The molecule has 32 heavy (non-hydrogen) atoms. The number of hydrogen-bond donors (Lipinski definition) is 2. The summed E-state index contributed by atoms with van der Waals surface area (Å²) in [5.41, 5.74) is 0. The maximum Gasteiger partial charge on any atom is 0.305 e. The third-order valence-corrected chi connectivity index (χ3v) is 6.13. The summed E-state index contributed by atoms with van der Waals surface area (Å²) in [4.78, 5) is 13.8. The Hall–Kier alpha value is -0.650. The van der Waals surface area contributed by atoms with Crippen molar-refractivity contribution in [1.82, 2.24) is 4.90 Å². The van der Waals surface area contributed by atoms with Crippen LogP contribution in [0.1, 0.15) is 130 Å². The Kier molecular flexibility index (Phi) is 23.0. The second-order valence-corrected chi connectivity index (χ2v) is 9.44. The minimum atomic E-state index is -0.340. The smallest absolute Gasteiger partial charge is 0.305 e. The van der Waals surface area contributed by atoms with Gasteiger partial charge >= 0.3 is 5.97 Å². The summed E-state index contributed by atoms with van der Waals surface area (Å²) in [5, 5.41) is 21.1. The largest absolute Gasteiger partial charge is 0.466 e. The molecule has 192 valence electrons. The van der Waals surface area contributed by atoms with Gasteiger partial charge in [0.2, 0.25) is 0 Å². The van der Waals surface area contributed by atoms with Crippen molar-refractivity contribution in [3.8, 4) is 0 Å². The molecular formula is C27H55NO4. The molecule has 2 unspecified atom stereocenters. The summed E-state index contributed by atoms with van der Waals surface area (Å²) in [6.45, 7) is 8.75. The van der Waals surface area contributed by atoms with E-state index in [0.717, 1.165) is 45.1 Å².